The summed E-state index contributed by atoms with van der Waals surface area (Å²) in [5.74, 6) is 1.02. The molecule has 2 rings (SSSR count). The predicted molar refractivity (Wildman–Crippen MR) is 107 cm³/mol. The van der Waals surface area contributed by atoms with E-state index in [9.17, 15) is 4.79 Å². The van der Waals surface area contributed by atoms with Gasteiger partial charge in [-0.1, -0.05) is 49.7 Å². The first-order chi connectivity index (χ1) is 12.0. The van der Waals surface area contributed by atoms with Crippen molar-refractivity contribution in [1.82, 2.24) is 5.32 Å². The van der Waals surface area contributed by atoms with E-state index in [1.807, 2.05) is 0 Å². The van der Waals surface area contributed by atoms with Gasteiger partial charge >= 0.3 is 0 Å². The molecule has 134 valence electrons. The van der Waals surface area contributed by atoms with Crippen LogP contribution in [0, 0.1) is 0 Å². The molecule has 0 bridgehead atoms. The van der Waals surface area contributed by atoms with Crippen molar-refractivity contribution in [1.29, 1.82) is 0 Å². The molecule has 2 aromatic rings. The third kappa shape index (κ3) is 6.71. The van der Waals surface area contributed by atoms with Gasteiger partial charge in [0.25, 0.3) is 5.91 Å². The summed E-state index contributed by atoms with van der Waals surface area (Å²) in [6.45, 7) is 5.00. The van der Waals surface area contributed by atoms with Gasteiger partial charge in [-0.2, -0.15) is 0 Å². The zero-order valence-electron chi connectivity index (χ0n) is 14.5. The molecule has 0 saturated carbocycles. The Morgan fingerprint density at radius 2 is 1.92 bits per heavy atom. The van der Waals surface area contributed by atoms with Gasteiger partial charge in [0.15, 0.2) is 6.61 Å². The number of aryl methyl sites for hydroxylation is 1. The fourth-order valence-corrected chi connectivity index (χ4v) is 3.17. The van der Waals surface area contributed by atoms with Crippen molar-refractivity contribution in [2.24, 2.45) is 0 Å². The summed E-state index contributed by atoms with van der Waals surface area (Å²) < 4.78 is 6.22. The summed E-state index contributed by atoms with van der Waals surface area (Å²) in [5.41, 5.74) is 2.64. The molecular formula is C20H23BrClNO2. The summed E-state index contributed by atoms with van der Waals surface area (Å²) in [7, 11) is 0. The van der Waals surface area contributed by atoms with E-state index in [0.29, 0.717) is 23.2 Å². The number of hydrogen-bond donors (Lipinski definition) is 1. The van der Waals surface area contributed by atoms with Crippen LogP contribution in [0.1, 0.15) is 37.3 Å². The lowest BCUT2D eigenvalue weighted by molar-refractivity contribution is -0.123. The molecule has 2 aromatic carbocycles. The Morgan fingerprint density at radius 3 is 2.56 bits per heavy atom. The van der Waals surface area contributed by atoms with Crippen LogP contribution in [0.3, 0.4) is 0 Å². The van der Waals surface area contributed by atoms with Gasteiger partial charge in [-0.15, -0.1) is 0 Å². The zero-order chi connectivity index (χ0) is 18.2. The lowest BCUT2D eigenvalue weighted by atomic mass is 10.0. The highest BCUT2D eigenvalue weighted by Gasteiger charge is 2.06. The first kappa shape index (κ1) is 19.8. The van der Waals surface area contributed by atoms with Crippen molar-refractivity contribution in [3.63, 3.8) is 0 Å². The zero-order valence-corrected chi connectivity index (χ0v) is 16.9. The van der Waals surface area contributed by atoms with E-state index in [2.05, 4.69) is 59.4 Å². The van der Waals surface area contributed by atoms with Crippen LogP contribution in [-0.4, -0.2) is 19.1 Å². The molecular weight excluding hydrogens is 402 g/mol. The quantitative estimate of drug-likeness (QED) is 0.580. The van der Waals surface area contributed by atoms with Crippen molar-refractivity contribution in [3.8, 4) is 5.75 Å². The number of amides is 1. The molecule has 0 heterocycles. The Balaban J connectivity index is 1.66. The van der Waals surface area contributed by atoms with Crippen LogP contribution < -0.4 is 10.1 Å². The molecule has 5 heteroatoms. The van der Waals surface area contributed by atoms with Gasteiger partial charge in [0.2, 0.25) is 0 Å². The van der Waals surface area contributed by atoms with Crippen molar-refractivity contribution >= 4 is 33.4 Å². The number of carbonyl (C=O) groups excluding carboxylic acids is 1. The molecule has 0 saturated heterocycles. The molecule has 3 nitrogen and oxygen atoms in total. The van der Waals surface area contributed by atoms with Crippen LogP contribution in [0.4, 0.5) is 0 Å². The van der Waals surface area contributed by atoms with E-state index >= 15 is 0 Å². The van der Waals surface area contributed by atoms with Crippen molar-refractivity contribution in [2.75, 3.05) is 13.2 Å². The van der Waals surface area contributed by atoms with Gasteiger partial charge in [0.05, 0.1) is 4.47 Å². The van der Waals surface area contributed by atoms with E-state index in [4.69, 9.17) is 16.3 Å². The van der Waals surface area contributed by atoms with Crippen LogP contribution in [-0.2, 0) is 11.2 Å². The standard InChI is InChI=1S/C20H23BrClNO2/c1-14(2)16-7-5-15(6-8-16)4-3-11-23-20(24)13-25-19-10-9-17(22)12-18(19)21/h5-10,12,14H,3-4,11,13H2,1-2H3,(H,23,24). The van der Waals surface area contributed by atoms with Crippen molar-refractivity contribution < 1.29 is 9.53 Å². The summed E-state index contributed by atoms with van der Waals surface area (Å²) in [5, 5.41) is 3.49. The van der Waals surface area contributed by atoms with Gasteiger partial charge in [0, 0.05) is 11.6 Å². The summed E-state index contributed by atoms with van der Waals surface area (Å²) >= 11 is 9.23. The van der Waals surface area contributed by atoms with Gasteiger partial charge in [-0.25, -0.2) is 0 Å². The molecule has 0 atom stereocenters. The molecule has 0 aliphatic rings. The molecule has 25 heavy (non-hydrogen) atoms. The first-order valence-corrected chi connectivity index (χ1v) is 9.56. The second-order valence-electron chi connectivity index (χ2n) is 6.21. The summed E-state index contributed by atoms with van der Waals surface area (Å²) in [4.78, 5) is 11.8. The third-order valence-electron chi connectivity index (χ3n) is 3.86. The van der Waals surface area contributed by atoms with Crippen LogP contribution in [0.15, 0.2) is 46.9 Å². The van der Waals surface area contributed by atoms with Crippen LogP contribution in [0.5, 0.6) is 5.75 Å². The number of rotatable bonds is 8. The molecule has 0 aliphatic heterocycles. The van der Waals surface area contributed by atoms with E-state index in [0.717, 1.165) is 17.3 Å². The Hall–Kier alpha value is -1.52. The normalized spacial score (nSPS) is 10.8. The highest BCUT2D eigenvalue weighted by molar-refractivity contribution is 9.10. The van der Waals surface area contributed by atoms with E-state index in [-0.39, 0.29) is 12.5 Å². The van der Waals surface area contributed by atoms with Gasteiger partial charge < -0.3 is 10.1 Å². The van der Waals surface area contributed by atoms with E-state index < -0.39 is 0 Å². The largest absolute Gasteiger partial charge is 0.483 e. The van der Waals surface area contributed by atoms with Gasteiger partial charge in [0.1, 0.15) is 5.75 Å². The second-order valence-corrected chi connectivity index (χ2v) is 7.50. The Kier molecular flexibility index (Phi) is 7.79. The molecule has 1 amide bonds. The SMILES string of the molecule is CC(C)c1ccc(CCCNC(=O)COc2ccc(Cl)cc2Br)cc1. The first-order valence-electron chi connectivity index (χ1n) is 8.39. The van der Waals surface area contributed by atoms with E-state index in [1.165, 1.54) is 11.1 Å². The van der Waals surface area contributed by atoms with Crippen LogP contribution >= 0.6 is 27.5 Å². The van der Waals surface area contributed by atoms with Crippen LogP contribution in [0.25, 0.3) is 0 Å². The lowest BCUT2D eigenvalue weighted by Gasteiger charge is -2.10. The maximum Gasteiger partial charge on any atom is 0.257 e. The van der Waals surface area contributed by atoms with Gasteiger partial charge in [-0.05, 0) is 64.0 Å². The van der Waals surface area contributed by atoms with Crippen molar-refractivity contribution in [2.45, 2.75) is 32.6 Å². The number of ether oxygens (including phenoxy) is 1. The maximum atomic E-state index is 11.8. The summed E-state index contributed by atoms with van der Waals surface area (Å²) in [6, 6.07) is 13.9. The average molecular weight is 425 g/mol. The molecule has 0 radical (unpaired) electrons. The molecule has 0 spiro atoms. The summed E-state index contributed by atoms with van der Waals surface area (Å²) in [6.07, 6.45) is 1.85. The number of hydrogen-bond acceptors (Lipinski definition) is 2. The second kappa shape index (κ2) is 9.83. The fourth-order valence-electron chi connectivity index (χ4n) is 2.38. The lowest BCUT2D eigenvalue weighted by Crippen LogP contribution is -2.29. The van der Waals surface area contributed by atoms with Crippen LogP contribution in [0.2, 0.25) is 5.02 Å². The average Bonchev–Trinajstić information content (AvgIpc) is 2.58. The predicted octanol–water partition coefficient (Wildman–Crippen LogP) is 5.35. The highest BCUT2D eigenvalue weighted by atomic mass is 79.9. The molecule has 0 aliphatic carbocycles. The molecule has 0 fully saturated rings. The minimum atomic E-state index is -0.128. The topological polar surface area (TPSA) is 38.3 Å². The minimum absolute atomic E-state index is 0.0106. The molecule has 1 N–H and O–H groups in total. The minimum Gasteiger partial charge on any atom is -0.483 e. The van der Waals surface area contributed by atoms with Crippen molar-refractivity contribution in [3.05, 3.63) is 63.1 Å². The Morgan fingerprint density at radius 1 is 1.20 bits per heavy atom. The van der Waals surface area contributed by atoms with Gasteiger partial charge in [-0.3, -0.25) is 4.79 Å². The molecule has 0 unspecified atom stereocenters. The monoisotopic (exact) mass is 423 g/mol. The highest BCUT2D eigenvalue weighted by Crippen LogP contribution is 2.27. The number of carbonyl (C=O) groups is 1. The fraction of sp³-hybridized carbons (Fsp3) is 0.350. The maximum absolute atomic E-state index is 11.8. The Labute approximate surface area is 162 Å². The number of nitrogens with one attached hydrogen (secondary N) is 1. The number of halogens is 2. The third-order valence-corrected chi connectivity index (χ3v) is 4.72. The smallest absolute Gasteiger partial charge is 0.257 e. The van der Waals surface area contributed by atoms with E-state index in [1.54, 1.807) is 18.2 Å². The molecule has 0 aromatic heterocycles. The number of benzene rings is 2. The Bertz CT molecular complexity index is 701.